The SMILES string of the molecule is C/C=C/[C@@]1(C)c2ccccc2CCN1C(=O)OC(C)(C)C. The van der Waals surface area contributed by atoms with Crippen molar-refractivity contribution in [3.63, 3.8) is 0 Å². The summed E-state index contributed by atoms with van der Waals surface area (Å²) in [5.41, 5.74) is 1.55. The van der Waals surface area contributed by atoms with Crippen molar-refractivity contribution in [3.05, 3.63) is 47.5 Å². The summed E-state index contributed by atoms with van der Waals surface area (Å²) in [4.78, 5) is 14.4. The van der Waals surface area contributed by atoms with Crippen molar-refractivity contribution in [3.8, 4) is 0 Å². The molecule has 1 atom stereocenters. The van der Waals surface area contributed by atoms with E-state index in [1.807, 2.05) is 44.7 Å². The van der Waals surface area contributed by atoms with E-state index in [4.69, 9.17) is 4.74 Å². The summed E-state index contributed by atoms with van der Waals surface area (Å²) < 4.78 is 5.59. The van der Waals surface area contributed by atoms with Gasteiger partial charge in [0.25, 0.3) is 0 Å². The van der Waals surface area contributed by atoms with Gasteiger partial charge in [0.1, 0.15) is 5.60 Å². The summed E-state index contributed by atoms with van der Waals surface area (Å²) in [5, 5.41) is 0. The van der Waals surface area contributed by atoms with E-state index < -0.39 is 11.1 Å². The molecule has 1 heterocycles. The van der Waals surface area contributed by atoms with Crippen LogP contribution >= 0.6 is 0 Å². The Kier molecular flexibility index (Phi) is 4.13. The summed E-state index contributed by atoms with van der Waals surface area (Å²) in [6.07, 6.45) is 4.69. The van der Waals surface area contributed by atoms with Crippen LogP contribution in [-0.2, 0) is 16.7 Å². The third kappa shape index (κ3) is 3.12. The molecule has 3 nitrogen and oxygen atoms in total. The van der Waals surface area contributed by atoms with Crippen LogP contribution in [0.2, 0.25) is 0 Å². The lowest BCUT2D eigenvalue weighted by molar-refractivity contribution is 0.00506. The average Bonchev–Trinajstić information content (AvgIpc) is 2.37. The van der Waals surface area contributed by atoms with Crippen LogP contribution in [0.15, 0.2) is 36.4 Å². The van der Waals surface area contributed by atoms with Gasteiger partial charge in [-0.1, -0.05) is 36.4 Å². The van der Waals surface area contributed by atoms with E-state index in [2.05, 4.69) is 31.2 Å². The molecule has 0 radical (unpaired) electrons. The quantitative estimate of drug-likeness (QED) is 0.722. The Bertz CT molecular complexity index is 557. The highest BCUT2D eigenvalue weighted by molar-refractivity contribution is 5.71. The molecule has 0 aromatic heterocycles. The first-order chi connectivity index (χ1) is 9.78. The van der Waals surface area contributed by atoms with Gasteiger partial charge in [-0.05, 0) is 52.2 Å². The number of allylic oxidation sites excluding steroid dienone is 1. The molecule has 114 valence electrons. The zero-order chi connectivity index (χ0) is 15.7. The topological polar surface area (TPSA) is 29.5 Å². The lowest BCUT2D eigenvalue weighted by Gasteiger charge is -2.44. The number of carbonyl (C=O) groups excluding carboxylic acids is 1. The Morgan fingerprint density at radius 2 is 2.00 bits per heavy atom. The maximum absolute atomic E-state index is 12.6. The molecular weight excluding hydrogens is 262 g/mol. The first kappa shape index (κ1) is 15.6. The number of fused-ring (bicyclic) bond motifs is 1. The van der Waals surface area contributed by atoms with Crippen molar-refractivity contribution in [2.75, 3.05) is 6.54 Å². The highest BCUT2D eigenvalue weighted by atomic mass is 16.6. The average molecular weight is 287 g/mol. The van der Waals surface area contributed by atoms with Crippen LogP contribution in [0.25, 0.3) is 0 Å². The van der Waals surface area contributed by atoms with Gasteiger partial charge in [0.2, 0.25) is 0 Å². The Morgan fingerprint density at radius 1 is 1.33 bits per heavy atom. The minimum Gasteiger partial charge on any atom is -0.444 e. The van der Waals surface area contributed by atoms with E-state index >= 15 is 0 Å². The van der Waals surface area contributed by atoms with Crippen LogP contribution in [0.4, 0.5) is 4.79 Å². The second-order valence-corrected chi connectivity index (χ2v) is 6.69. The highest BCUT2D eigenvalue weighted by Gasteiger charge is 2.40. The normalized spacial score (nSPS) is 22.2. The van der Waals surface area contributed by atoms with Crippen LogP contribution in [0.5, 0.6) is 0 Å². The fourth-order valence-electron chi connectivity index (χ4n) is 2.94. The summed E-state index contributed by atoms with van der Waals surface area (Å²) in [7, 11) is 0. The van der Waals surface area contributed by atoms with Gasteiger partial charge in [-0.3, -0.25) is 4.90 Å². The van der Waals surface area contributed by atoms with Crippen LogP contribution < -0.4 is 0 Å². The number of hydrogen-bond donors (Lipinski definition) is 0. The summed E-state index contributed by atoms with van der Waals surface area (Å²) in [6.45, 7) is 10.4. The van der Waals surface area contributed by atoms with Gasteiger partial charge in [0, 0.05) is 6.54 Å². The van der Waals surface area contributed by atoms with E-state index in [0.29, 0.717) is 6.54 Å². The molecule has 0 saturated carbocycles. The lowest BCUT2D eigenvalue weighted by atomic mass is 9.82. The first-order valence-corrected chi connectivity index (χ1v) is 7.51. The number of carbonyl (C=O) groups is 1. The lowest BCUT2D eigenvalue weighted by Crippen LogP contribution is -2.52. The smallest absolute Gasteiger partial charge is 0.411 e. The minimum absolute atomic E-state index is 0.252. The van der Waals surface area contributed by atoms with Gasteiger partial charge in [-0.2, -0.15) is 0 Å². The van der Waals surface area contributed by atoms with E-state index in [1.165, 1.54) is 11.1 Å². The van der Waals surface area contributed by atoms with Gasteiger partial charge in [0.05, 0.1) is 5.54 Å². The predicted molar refractivity (Wildman–Crippen MR) is 85.3 cm³/mol. The predicted octanol–water partition coefficient (Wildman–Crippen LogP) is 4.27. The van der Waals surface area contributed by atoms with E-state index in [-0.39, 0.29) is 6.09 Å². The molecule has 2 rings (SSSR count). The van der Waals surface area contributed by atoms with Crippen LogP contribution in [0, 0.1) is 0 Å². The number of ether oxygens (including phenoxy) is 1. The highest BCUT2D eigenvalue weighted by Crippen LogP contribution is 2.37. The molecule has 0 bridgehead atoms. The van der Waals surface area contributed by atoms with E-state index in [9.17, 15) is 4.79 Å². The van der Waals surface area contributed by atoms with Gasteiger partial charge < -0.3 is 4.74 Å². The molecule has 1 aliphatic rings. The zero-order valence-electron chi connectivity index (χ0n) is 13.6. The summed E-state index contributed by atoms with van der Waals surface area (Å²) >= 11 is 0. The van der Waals surface area contributed by atoms with Crippen molar-refractivity contribution in [1.82, 2.24) is 4.90 Å². The molecule has 0 aliphatic carbocycles. The van der Waals surface area contributed by atoms with E-state index in [0.717, 1.165) is 6.42 Å². The third-order valence-corrected chi connectivity index (χ3v) is 3.83. The molecule has 3 heteroatoms. The standard InChI is InChI=1S/C18H25NO2/c1-6-12-18(5)15-10-8-7-9-14(15)11-13-19(18)16(20)21-17(2,3)4/h6-10,12H,11,13H2,1-5H3/b12-6+/t18-/m0/s1. The number of benzene rings is 1. The second-order valence-electron chi connectivity index (χ2n) is 6.69. The maximum Gasteiger partial charge on any atom is 0.411 e. The van der Waals surface area contributed by atoms with Gasteiger partial charge >= 0.3 is 6.09 Å². The zero-order valence-corrected chi connectivity index (χ0v) is 13.6. The van der Waals surface area contributed by atoms with Crippen molar-refractivity contribution in [1.29, 1.82) is 0 Å². The molecule has 0 spiro atoms. The van der Waals surface area contributed by atoms with Crippen molar-refractivity contribution >= 4 is 6.09 Å². The molecule has 0 saturated heterocycles. The van der Waals surface area contributed by atoms with Crippen LogP contribution in [0.1, 0.15) is 45.7 Å². The molecule has 1 aromatic carbocycles. The van der Waals surface area contributed by atoms with Crippen molar-refractivity contribution < 1.29 is 9.53 Å². The van der Waals surface area contributed by atoms with Crippen molar-refractivity contribution in [2.45, 2.75) is 52.2 Å². The Hall–Kier alpha value is -1.77. The van der Waals surface area contributed by atoms with E-state index in [1.54, 1.807) is 0 Å². The Morgan fingerprint density at radius 3 is 2.62 bits per heavy atom. The maximum atomic E-state index is 12.6. The molecule has 0 fully saturated rings. The van der Waals surface area contributed by atoms with Gasteiger partial charge in [-0.15, -0.1) is 0 Å². The summed E-state index contributed by atoms with van der Waals surface area (Å²) in [6, 6.07) is 8.33. The number of rotatable bonds is 1. The molecule has 21 heavy (non-hydrogen) atoms. The minimum atomic E-state index is -0.481. The first-order valence-electron chi connectivity index (χ1n) is 7.51. The number of nitrogens with zero attached hydrogens (tertiary/aromatic N) is 1. The van der Waals surface area contributed by atoms with Crippen LogP contribution in [-0.4, -0.2) is 23.1 Å². The molecule has 0 N–H and O–H groups in total. The third-order valence-electron chi connectivity index (χ3n) is 3.83. The fraction of sp³-hybridized carbons (Fsp3) is 0.500. The molecule has 1 aromatic rings. The molecule has 0 unspecified atom stereocenters. The number of hydrogen-bond acceptors (Lipinski definition) is 2. The molecule has 1 aliphatic heterocycles. The van der Waals surface area contributed by atoms with Crippen molar-refractivity contribution in [2.24, 2.45) is 0 Å². The Labute approximate surface area is 127 Å². The van der Waals surface area contributed by atoms with Crippen LogP contribution in [0.3, 0.4) is 0 Å². The Balaban J connectivity index is 2.42. The van der Waals surface area contributed by atoms with Gasteiger partial charge in [-0.25, -0.2) is 4.79 Å². The fourth-order valence-corrected chi connectivity index (χ4v) is 2.94. The largest absolute Gasteiger partial charge is 0.444 e. The molecule has 1 amide bonds. The monoisotopic (exact) mass is 287 g/mol. The molecular formula is C18H25NO2. The number of amides is 1. The van der Waals surface area contributed by atoms with Gasteiger partial charge in [0.15, 0.2) is 0 Å². The second kappa shape index (κ2) is 5.55. The summed E-state index contributed by atoms with van der Waals surface area (Å²) in [5.74, 6) is 0.